The Hall–Kier alpha value is -1.14. The molecule has 1 unspecified atom stereocenters. The van der Waals surface area contributed by atoms with Crippen molar-refractivity contribution in [3.63, 3.8) is 0 Å². The number of esters is 1. The molecule has 0 radical (unpaired) electrons. The molecule has 0 aliphatic rings. The normalized spacial score (nSPS) is 12.1. The number of carbonyl (C=O) groups is 2. The second-order valence-electron chi connectivity index (χ2n) is 4.83. The molecule has 0 aliphatic carbocycles. The molecule has 6 heteroatoms. The number of carbonyl (C=O) groups excluding carboxylic acids is 1. The van der Waals surface area contributed by atoms with E-state index in [1.54, 1.807) is 0 Å². The van der Waals surface area contributed by atoms with E-state index in [0.29, 0.717) is 19.3 Å². The van der Waals surface area contributed by atoms with Gasteiger partial charge in [-0.2, -0.15) is 0 Å². The molecule has 0 amide bonds. The molecular weight excluding hydrogens is 264 g/mol. The molecule has 20 heavy (non-hydrogen) atoms. The minimum absolute atomic E-state index is 0.0313. The maximum atomic E-state index is 11.3. The van der Waals surface area contributed by atoms with Crippen molar-refractivity contribution < 1.29 is 29.6 Å². The van der Waals surface area contributed by atoms with Crippen molar-refractivity contribution in [3.05, 3.63) is 0 Å². The van der Waals surface area contributed by atoms with Crippen LogP contribution in [0, 0.1) is 0 Å². The molecule has 0 aliphatic heterocycles. The third-order valence-electron chi connectivity index (χ3n) is 2.90. The van der Waals surface area contributed by atoms with Crippen LogP contribution >= 0.6 is 0 Å². The fourth-order valence-electron chi connectivity index (χ4n) is 1.79. The van der Waals surface area contributed by atoms with Crippen LogP contribution in [0.25, 0.3) is 0 Å². The van der Waals surface area contributed by atoms with Crippen LogP contribution in [-0.2, 0) is 14.3 Å². The molecule has 0 aromatic rings. The number of aliphatic carboxylic acids is 1. The van der Waals surface area contributed by atoms with Gasteiger partial charge in [0.25, 0.3) is 0 Å². The quantitative estimate of drug-likeness (QED) is 0.271. The Morgan fingerprint density at radius 2 is 1.45 bits per heavy atom. The van der Waals surface area contributed by atoms with Crippen LogP contribution in [0.3, 0.4) is 0 Å². The molecule has 0 fully saturated rings. The summed E-state index contributed by atoms with van der Waals surface area (Å²) >= 11 is 0. The van der Waals surface area contributed by atoms with Gasteiger partial charge in [0.15, 0.2) is 0 Å². The first-order valence-electron chi connectivity index (χ1n) is 7.26. The summed E-state index contributed by atoms with van der Waals surface area (Å²) in [5.41, 5.74) is 0. The van der Waals surface area contributed by atoms with Crippen LogP contribution in [0.1, 0.15) is 64.2 Å². The average Bonchev–Trinajstić information content (AvgIpc) is 2.39. The Morgan fingerprint density at radius 3 is 2.00 bits per heavy atom. The van der Waals surface area contributed by atoms with Crippen LogP contribution in [0.2, 0.25) is 0 Å². The van der Waals surface area contributed by atoms with E-state index in [1.165, 1.54) is 0 Å². The zero-order valence-electron chi connectivity index (χ0n) is 11.9. The molecule has 0 saturated carbocycles. The number of aliphatic hydroxyl groups excluding tert-OH is 2. The van der Waals surface area contributed by atoms with Crippen LogP contribution in [0.4, 0.5) is 0 Å². The minimum Gasteiger partial charge on any atom is -0.481 e. The van der Waals surface area contributed by atoms with E-state index in [-0.39, 0.29) is 25.9 Å². The van der Waals surface area contributed by atoms with Gasteiger partial charge in [0, 0.05) is 25.9 Å². The SMILES string of the molecule is O=C(O)CCCCCCCCC(=O)OC(O)CCCO. The lowest BCUT2D eigenvalue weighted by atomic mass is 10.1. The molecule has 0 aromatic heterocycles. The van der Waals surface area contributed by atoms with Gasteiger partial charge in [0.1, 0.15) is 0 Å². The van der Waals surface area contributed by atoms with Gasteiger partial charge in [-0.25, -0.2) is 0 Å². The highest BCUT2D eigenvalue weighted by atomic mass is 16.6. The third-order valence-corrected chi connectivity index (χ3v) is 2.90. The van der Waals surface area contributed by atoms with Gasteiger partial charge < -0.3 is 20.1 Å². The first kappa shape index (κ1) is 18.9. The molecule has 118 valence electrons. The molecular formula is C14H26O6. The first-order chi connectivity index (χ1) is 9.56. The molecule has 0 saturated heterocycles. The van der Waals surface area contributed by atoms with Crippen molar-refractivity contribution in [2.45, 2.75) is 70.5 Å². The topological polar surface area (TPSA) is 104 Å². The second kappa shape index (κ2) is 12.9. The Morgan fingerprint density at radius 1 is 0.900 bits per heavy atom. The predicted octanol–water partition coefficient (Wildman–Crippen LogP) is 1.83. The van der Waals surface area contributed by atoms with Gasteiger partial charge in [-0.05, 0) is 19.3 Å². The minimum atomic E-state index is -1.12. The fourth-order valence-corrected chi connectivity index (χ4v) is 1.79. The zero-order chi connectivity index (χ0) is 15.2. The van der Waals surface area contributed by atoms with Crippen molar-refractivity contribution in [1.29, 1.82) is 0 Å². The number of hydrogen-bond donors (Lipinski definition) is 3. The Labute approximate surface area is 119 Å². The molecule has 0 rings (SSSR count). The molecule has 0 aromatic carbocycles. The maximum absolute atomic E-state index is 11.3. The first-order valence-corrected chi connectivity index (χ1v) is 7.26. The van der Waals surface area contributed by atoms with Crippen molar-refractivity contribution in [2.75, 3.05) is 6.61 Å². The van der Waals surface area contributed by atoms with Gasteiger partial charge in [0.05, 0.1) is 0 Å². The highest BCUT2D eigenvalue weighted by molar-refractivity contribution is 5.69. The maximum Gasteiger partial charge on any atom is 0.308 e. The number of carboxylic acid groups (broad SMARTS) is 1. The van der Waals surface area contributed by atoms with Crippen LogP contribution in [0.5, 0.6) is 0 Å². The summed E-state index contributed by atoms with van der Waals surface area (Å²) in [6.45, 7) is -0.0313. The van der Waals surface area contributed by atoms with Crippen molar-refractivity contribution in [1.82, 2.24) is 0 Å². The third kappa shape index (κ3) is 13.3. The standard InChI is InChI=1S/C14H26O6/c15-11-7-10-14(19)20-13(18)9-6-4-2-1-3-5-8-12(16)17/h14-15,19H,1-11H2,(H,16,17). The number of hydrogen-bond acceptors (Lipinski definition) is 5. The van der Waals surface area contributed by atoms with Gasteiger partial charge >= 0.3 is 11.9 Å². The van der Waals surface area contributed by atoms with E-state index in [9.17, 15) is 14.7 Å². The van der Waals surface area contributed by atoms with E-state index in [2.05, 4.69) is 0 Å². The van der Waals surface area contributed by atoms with Crippen molar-refractivity contribution in [3.8, 4) is 0 Å². The van der Waals surface area contributed by atoms with Gasteiger partial charge in [-0.15, -0.1) is 0 Å². The Balaban J connectivity index is 3.33. The lowest BCUT2D eigenvalue weighted by molar-refractivity contribution is -0.169. The van der Waals surface area contributed by atoms with Crippen LogP contribution < -0.4 is 0 Å². The second-order valence-corrected chi connectivity index (χ2v) is 4.83. The number of ether oxygens (including phenoxy) is 1. The largest absolute Gasteiger partial charge is 0.481 e. The number of carboxylic acids is 1. The number of rotatable bonds is 13. The van der Waals surface area contributed by atoms with Crippen LogP contribution in [0.15, 0.2) is 0 Å². The van der Waals surface area contributed by atoms with Gasteiger partial charge in [0.2, 0.25) is 6.29 Å². The van der Waals surface area contributed by atoms with Crippen molar-refractivity contribution in [2.24, 2.45) is 0 Å². The summed E-state index contributed by atoms with van der Waals surface area (Å²) in [4.78, 5) is 21.6. The number of unbranched alkanes of at least 4 members (excludes halogenated alkanes) is 5. The summed E-state index contributed by atoms with van der Waals surface area (Å²) < 4.78 is 4.76. The zero-order valence-corrected chi connectivity index (χ0v) is 11.9. The van der Waals surface area contributed by atoms with E-state index in [1.807, 2.05) is 0 Å². The van der Waals surface area contributed by atoms with E-state index >= 15 is 0 Å². The highest BCUT2D eigenvalue weighted by Gasteiger charge is 2.10. The van der Waals surface area contributed by atoms with E-state index in [4.69, 9.17) is 14.9 Å². The fraction of sp³-hybridized carbons (Fsp3) is 0.857. The Bertz CT molecular complexity index is 266. The Kier molecular flexibility index (Phi) is 12.1. The molecule has 0 bridgehead atoms. The summed E-state index contributed by atoms with van der Waals surface area (Å²) in [5.74, 6) is -1.17. The predicted molar refractivity (Wildman–Crippen MR) is 73.0 cm³/mol. The van der Waals surface area contributed by atoms with Crippen LogP contribution in [-0.4, -0.2) is 40.2 Å². The smallest absolute Gasteiger partial charge is 0.308 e. The van der Waals surface area contributed by atoms with E-state index in [0.717, 1.165) is 25.7 Å². The summed E-state index contributed by atoms with van der Waals surface area (Å²) in [6, 6.07) is 0. The summed E-state index contributed by atoms with van der Waals surface area (Å²) in [5, 5.41) is 26.3. The molecule has 3 N–H and O–H groups in total. The van der Waals surface area contributed by atoms with Gasteiger partial charge in [-0.1, -0.05) is 25.7 Å². The molecule has 1 atom stereocenters. The molecule has 0 heterocycles. The van der Waals surface area contributed by atoms with E-state index < -0.39 is 18.2 Å². The monoisotopic (exact) mass is 290 g/mol. The highest BCUT2D eigenvalue weighted by Crippen LogP contribution is 2.10. The van der Waals surface area contributed by atoms with Crippen molar-refractivity contribution >= 4 is 11.9 Å². The lowest BCUT2D eigenvalue weighted by Gasteiger charge is -2.11. The molecule has 0 spiro atoms. The molecule has 6 nitrogen and oxygen atoms in total. The lowest BCUT2D eigenvalue weighted by Crippen LogP contribution is -2.17. The summed E-state index contributed by atoms with van der Waals surface area (Å²) in [6.07, 6.45) is 5.21. The van der Waals surface area contributed by atoms with Gasteiger partial charge in [-0.3, -0.25) is 9.59 Å². The number of aliphatic hydroxyl groups is 2. The average molecular weight is 290 g/mol. The summed E-state index contributed by atoms with van der Waals surface area (Å²) in [7, 11) is 0.